The van der Waals surface area contributed by atoms with Crippen LogP contribution in [0.3, 0.4) is 0 Å². The van der Waals surface area contributed by atoms with E-state index in [1.807, 2.05) is 78.3 Å². The summed E-state index contributed by atoms with van der Waals surface area (Å²) in [6.07, 6.45) is 1.70. The van der Waals surface area contributed by atoms with E-state index in [1.54, 1.807) is 0 Å². The van der Waals surface area contributed by atoms with E-state index in [1.165, 1.54) is 11.1 Å². The molecule has 5 aromatic rings. The maximum atomic E-state index is 13.0. The average molecular weight is 482 g/mol. The molecule has 1 N–H and O–H groups in total. The number of furan rings is 1. The number of carbonyl (C=O) groups excluding carboxylic acids is 1. The number of carbonyl (C=O) groups is 1. The summed E-state index contributed by atoms with van der Waals surface area (Å²) in [5, 5.41) is 9.35. The van der Waals surface area contributed by atoms with Crippen molar-refractivity contribution in [1.29, 1.82) is 0 Å². The summed E-state index contributed by atoms with van der Waals surface area (Å²) in [6.45, 7) is 2.40. The molecule has 174 valence electrons. The second kappa shape index (κ2) is 8.75. The van der Waals surface area contributed by atoms with Gasteiger partial charge in [-0.1, -0.05) is 66.2 Å². The second-order valence-corrected chi connectivity index (χ2v) is 9.57. The Morgan fingerprint density at radius 2 is 1.74 bits per heavy atom. The Kier molecular flexibility index (Phi) is 5.42. The summed E-state index contributed by atoms with van der Waals surface area (Å²) in [6, 6.07) is 26.1. The van der Waals surface area contributed by atoms with E-state index >= 15 is 0 Å². The topological polar surface area (TPSA) is 60.1 Å². The Morgan fingerprint density at radius 1 is 1.03 bits per heavy atom. The third-order valence-corrected chi connectivity index (χ3v) is 6.85. The third kappa shape index (κ3) is 4.24. The van der Waals surface area contributed by atoms with Crippen molar-refractivity contribution in [3.8, 4) is 11.3 Å². The lowest BCUT2D eigenvalue weighted by molar-refractivity contribution is 0.0932. The Morgan fingerprint density at radius 3 is 2.49 bits per heavy atom. The van der Waals surface area contributed by atoms with Crippen LogP contribution in [0.15, 0.2) is 83.3 Å². The number of aryl methyl sites for hydroxylation is 1. The largest absolute Gasteiger partial charge is 0.456 e. The molecule has 5 nitrogen and oxygen atoms in total. The highest BCUT2D eigenvalue weighted by Crippen LogP contribution is 2.32. The molecule has 0 fully saturated rings. The number of benzene rings is 3. The van der Waals surface area contributed by atoms with Gasteiger partial charge in [0.15, 0.2) is 0 Å². The zero-order valence-corrected chi connectivity index (χ0v) is 20.0. The highest BCUT2D eigenvalue weighted by molar-refractivity contribution is 6.31. The minimum atomic E-state index is -0.148. The van der Waals surface area contributed by atoms with Crippen molar-refractivity contribution in [2.45, 2.75) is 32.4 Å². The molecule has 1 aliphatic carbocycles. The van der Waals surface area contributed by atoms with Gasteiger partial charge in [0.1, 0.15) is 17.0 Å². The van der Waals surface area contributed by atoms with Gasteiger partial charge in [-0.05, 0) is 55.2 Å². The van der Waals surface area contributed by atoms with Crippen LogP contribution in [0.1, 0.15) is 32.9 Å². The zero-order chi connectivity index (χ0) is 23.9. The molecule has 0 aliphatic heterocycles. The minimum Gasteiger partial charge on any atom is -0.456 e. The number of hydrogen-bond acceptors (Lipinski definition) is 3. The number of fused-ring (bicyclic) bond motifs is 2. The fourth-order valence-corrected chi connectivity index (χ4v) is 5.16. The van der Waals surface area contributed by atoms with Crippen molar-refractivity contribution >= 4 is 28.5 Å². The van der Waals surface area contributed by atoms with Crippen molar-refractivity contribution in [2.75, 3.05) is 0 Å². The molecule has 6 rings (SSSR count). The van der Waals surface area contributed by atoms with E-state index in [0.29, 0.717) is 17.3 Å². The molecule has 0 atom stereocenters. The minimum absolute atomic E-state index is 0.0948. The lowest BCUT2D eigenvalue weighted by Crippen LogP contribution is -2.35. The Bertz CT molecular complexity index is 1530. The normalized spacial score (nSPS) is 13.3. The first kappa shape index (κ1) is 21.7. The first-order valence-electron chi connectivity index (χ1n) is 11.7. The summed E-state index contributed by atoms with van der Waals surface area (Å²) in [5.74, 6) is 0.643. The Balaban J connectivity index is 1.24. The number of nitrogens with one attached hydrogen (secondary N) is 1. The van der Waals surface area contributed by atoms with Crippen LogP contribution in [0, 0.1) is 6.92 Å². The van der Waals surface area contributed by atoms with Crippen LogP contribution in [-0.2, 0) is 19.4 Å². The molecular formula is C29H24ClN3O2. The van der Waals surface area contributed by atoms with Gasteiger partial charge in [-0.15, -0.1) is 0 Å². The van der Waals surface area contributed by atoms with E-state index in [-0.39, 0.29) is 11.9 Å². The van der Waals surface area contributed by atoms with Crippen LogP contribution in [0.2, 0.25) is 5.02 Å². The van der Waals surface area contributed by atoms with Crippen molar-refractivity contribution < 1.29 is 9.21 Å². The van der Waals surface area contributed by atoms with E-state index in [9.17, 15) is 4.79 Å². The van der Waals surface area contributed by atoms with Gasteiger partial charge in [-0.2, -0.15) is 5.10 Å². The van der Waals surface area contributed by atoms with Crippen LogP contribution >= 0.6 is 11.6 Å². The molecular weight excluding hydrogens is 458 g/mol. The Hall–Kier alpha value is -3.83. The summed E-state index contributed by atoms with van der Waals surface area (Å²) >= 11 is 6.44. The van der Waals surface area contributed by atoms with Gasteiger partial charge in [-0.25, -0.2) is 0 Å². The fourth-order valence-electron chi connectivity index (χ4n) is 4.91. The summed E-state index contributed by atoms with van der Waals surface area (Å²) < 4.78 is 8.07. The number of amides is 1. The standard InChI is InChI=1S/C29H24ClN3O2/c1-18-11-26(29(34)31-25-14-20-9-5-6-10-21(20)15-25)32-33(18)17-23-13-24(30)12-22-16-27(35-28(22)23)19-7-3-2-4-8-19/h2-13,16,25H,14-15,17H2,1H3,(H,31,34). The first-order chi connectivity index (χ1) is 17.0. The third-order valence-electron chi connectivity index (χ3n) is 6.64. The lowest BCUT2D eigenvalue weighted by atomic mass is 10.1. The molecule has 2 aromatic heterocycles. The lowest BCUT2D eigenvalue weighted by Gasteiger charge is -2.10. The van der Waals surface area contributed by atoms with E-state index in [0.717, 1.165) is 46.4 Å². The maximum absolute atomic E-state index is 13.0. The molecule has 0 unspecified atom stereocenters. The van der Waals surface area contributed by atoms with Gasteiger partial charge in [0.05, 0.1) is 6.54 Å². The predicted octanol–water partition coefficient (Wildman–Crippen LogP) is 6.20. The van der Waals surface area contributed by atoms with Gasteiger partial charge in [-0.3, -0.25) is 9.48 Å². The fraction of sp³-hybridized carbons (Fsp3) is 0.172. The van der Waals surface area contributed by atoms with Gasteiger partial charge in [0.25, 0.3) is 5.91 Å². The smallest absolute Gasteiger partial charge is 0.272 e. The predicted molar refractivity (Wildman–Crippen MR) is 138 cm³/mol. The van der Waals surface area contributed by atoms with Crippen molar-refractivity contribution in [2.24, 2.45) is 0 Å². The van der Waals surface area contributed by atoms with Crippen LogP contribution < -0.4 is 5.32 Å². The molecule has 0 saturated carbocycles. The number of nitrogens with zero attached hydrogens (tertiary/aromatic N) is 2. The quantitative estimate of drug-likeness (QED) is 0.325. The molecule has 3 aromatic carbocycles. The summed E-state index contributed by atoms with van der Waals surface area (Å²) in [4.78, 5) is 13.0. The zero-order valence-electron chi connectivity index (χ0n) is 19.3. The molecule has 0 radical (unpaired) electrons. The van der Waals surface area contributed by atoms with Gasteiger partial charge in [0, 0.05) is 33.3 Å². The monoisotopic (exact) mass is 481 g/mol. The van der Waals surface area contributed by atoms with E-state index in [4.69, 9.17) is 16.0 Å². The number of halogens is 1. The van der Waals surface area contributed by atoms with Crippen molar-refractivity contribution in [3.63, 3.8) is 0 Å². The van der Waals surface area contributed by atoms with Crippen molar-refractivity contribution in [3.05, 3.63) is 112 Å². The van der Waals surface area contributed by atoms with Gasteiger partial charge < -0.3 is 9.73 Å². The summed E-state index contributed by atoms with van der Waals surface area (Å²) in [7, 11) is 0. The first-order valence-corrected chi connectivity index (χ1v) is 12.1. The molecule has 0 saturated heterocycles. The average Bonchev–Trinajstić information content (AvgIpc) is 3.56. The van der Waals surface area contributed by atoms with Gasteiger partial charge in [0.2, 0.25) is 0 Å². The highest BCUT2D eigenvalue weighted by atomic mass is 35.5. The number of rotatable bonds is 5. The molecule has 1 amide bonds. The van der Waals surface area contributed by atoms with Crippen LogP contribution in [0.4, 0.5) is 0 Å². The number of hydrogen-bond donors (Lipinski definition) is 1. The second-order valence-electron chi connectivity index (χ2n) is 9.14. The molecule has 1 aliphatic rings. The molecule has 2 heterocycles. The van der Waals surface area contributed by atoms with Crippen LogP contribution in [0.5, 0.6) is 0 Å². The van der Waals surface area contributed by atoms with E-state index < -0.39 is 0 Å². The van der Waals surface area contributed by atoms with Crippen LogP contribution in [-0.4, -0.2) is 21.7 Å². The number of aromatic nitrogens is 2. The molecule has 35 heavy (non-hydrogen) atoms. The van der Waals surface area contributed by atoms with Crippen molar-refractivity contribution in [1.82, 2.24) is 15.1 Å². The van der Waals surface area contributed by atoms with Crippen LogP contribution in [0.25, 0.3) is 22.3 Å². The molecule has 6 heteroatoms. The summed E-state index contributed by atoms with van der Waals surface area (Å²) in [5.41, 5.74) is 6.62. The maximum Gasteiger partial charge on any atom is 0.272 e. The Labute approximate surface area is 208 Å². The molecule has 0 spiro atoms. The molecule has 0 bridgehead atoms. The van der Waals surface area contributed by atoms with Gasteiger partial charge >= 0.3 is 0 Å². The highest BCUT2D eigenvalue weighted by Gasteiger charge is 2.24. The van der Waals surface area contributed by atoms with E-state index in [2.05, 4.69) is 22.5 Å². The SMILES string of the molecule is Cc1cc(C(=O)NC2Cc3ccccc3C2)nn1Cc1cc(Cl)cc2cc(-c3ccccc3)oc12.